The van der Waals surface area contributed by atoms with Crippen LogP contribution in [-0.2, 0) is 30.5 Å². The van der Waals surface area contributed by atoms with Gasteiger partial charge in [-0.15, -0.1) is 0 Å². The van der Waals surface area contributed by atoms with E-state index in [4.69, 9.17) is 18.9 Å². The summed E-state index contributed by atoms with van der Waals surface area (Å²) in [5.74, 6) is 0.391. The highest BCUT2D eigenvalue weighted by Gasteiger charge is 2.22. The molecule has 0 spiro atoms. The molecule has 0 bridgehead atoms. The molecule has 1 amide bonds. The van der Waals surface area contributed by atoms with Crippen molar-refractivity contribution in [3.63, 3.8) is 0 Å². The van der Waals surface area contributed by atoms with Gasteiger partial charge < -0.3 is 24.3 Å². The van der Waals surface area contributed by atoms with E-state index in [1.807, 2.05) is 0 Å². The summed E-state index contributed by atoms with van der Waals surface area (Å²) in [5, 5.41) is 2.61. The van der Waals surface area contributed by atoms with Gasteiger partial charge in [-0.25, -0.2) is 18.0 Å². The monoisotopic (exact) mass is 493 g/mol. The number of sulfone groups is 1. The number of carbonyl (C=O) groups is 2. The van der Waals surface area contributed by atoms with Crippen molar-refractivity contribution >= 4 is 21.9 Å². The number of ether oxygens (including phenoxy) is 4. The van der Waals surface area contributed by atoms with Crippen molar-refractivity contribution in [1.82, 2.24) is 5.32 Å². The summed E-state index contributed by atoms with van der Waals surface area (Å²) >= 11 is 0. The highest BCUT2D eigenvalue weighted by molar-refractivity contribution is 7.90. The summed E-state index contributed by atoms with van der Waals surface area (Å²) in [6.07, 6.45) is -0.0726. The molecule has 186 valence electrons. The van der Waals surface area contributed by atoms with Crippen LogP contribution in [0.3, 0.4) is 0 Å². The second-order valence-corrected chi connectivity index (χ2v) is 10.5. The first-order chi connectivity index (χ1) is 15.9. The van der Waals surface area contributed by atoms with E-state index in [1.165, 1.54) is 31.4 Å². The summed E-state index contributed by atoms with van der Waals surface area (Å²) in [6.45, 7) is 5.91. The van der Waals surface area contributed by atoms with E-state index >= 15 is 0 Å². The lowest BCUT2D eigenvalue weighted by Gasteiger charge is -2.19. The fourth-order valence-electron chi connectivity index (χ4n) is 2.81. The SMILES string of the molecule is COC(=O)C(Cc1ccc(OCCNC(=O)OC(C)(C)C)cc1)Oc1ccc(S(C)(=O)=O)cc1. The minimum absolute atomic E-state index is 0.159. The number of rotatable bonds is 10. The van der Waals surface area contributed by atoms with Crippen LogP contribution in [0.5, 0.6) is 11.5 Å². The zero-order chi connectivity index (χ0) is 25.4. The van der Waals surface area contributed by atoms with Gasteiger partial charge in [0, 0.05) is 12.7 Å². The summed E-state index contributed by atoms with van der Waals surface area (Å²) in [4.78, 5) is 24.0. The van der Waals surface area contributed by atoms with Crippen molar-refractivity contribution in [2.75, 3.05) is 26.5 Å². The Labute approximate surface area is 200 Å². The van der Waals surface area contributed by atoms with Gasteiger partial charge in [-0.05, 0) is 62.7 Å². The number of nitrogens with one attached hydrogen (secondary N) is 1. The van der Waals surface area contributed by atoms with Gasteiger partial charge in [0.25, 0.3) is 0 Å². The molecular formula is C24H31NO8S. The van der Waals surface area contributed by atoms with E-state index in [9.17, 15) is 18.0 Å². The fourth-order valence-corrected chi connectivity index (χ4v) is 3.44. The lowest BCUT2D eigenvalue weighted by molar-refractivity contribution is -0.148. The maximum atomic E-state index is 12.2. The molecule has 0 fully saturated rings. The molecule has 1 N–H and O–H groups in total. The zero-order valence-corrected chi connectivity index (χ0v) is 20.8. The molecule has 0 heterocycles. The lowest BCUT2D eigenvalue weighted by atomic mass is 10.1. The summed E-state index contributed by atoms with van der Waals surface area (Å²) in [7, 11) is -2.06. The molecule has 10 heteroatoms. The van der Waals surface area contributed by atoms with Crippen LogP contribution in [-0.4, -0.2) is 58.7 Å². The number of hydrogen-bond donors (Lipinski definition) is 1. The lowest BCUT2D eigenvalue weighted by Crippen LogP contribution is -2.34. The van der Waals surface area contributed by atoms with Gasteiger partial charge in [-0.2, -0.15) is 0 Å². The van der Waals surface area contributed by atoms with Gasteiger partial charge >= 0.3 is 12.1 Å². The molecule has 34 heavy (non-hydrogen) atoms. The third-order valence-electron chi connectivity index (χ3n) is 4.38. The van der Waals surface area contributed by atoms with Crippen molar-refractivity contribution in [2.24, 2.45) is 0 Å². The molecule has 1 unspecified atom stereocenters. The molecule has 0 aliphatic carbocycles. The predicted octanol–water partition coefficient (Wildman–Crippen LogP) is 3.16. The van der Waals surface area contributed by atoms with Crippen molar-refractivity contribution < 1.29 is 37.0 Å². The topological polar surface area (TPSA) is 117 Å². The fraction of sp³-hybridized carbons (Fsp3) is 0.417. The number of esters is 1. The standard InChI is InChI=1S/C24H31NO8S/c1-24(2,3)33-23(27)25-14-15-31-18-8-6-17(7-9-18)16-21(22(26)30-4)32-19-10-12-20(13-11-19)34(5,28)29/h6-13,21H,14-16H2,1-5H3,(H,25,27). The maximum Gasteiger partial charge on any atom is 0.407 e. The third kappa shape index (κ3) is 9.30. The number of benzene rings is 2. The van der Waals surface area contributed by atoms with Gasteiger partial charge in [0.15, 0.2) is 15.9 Å². The van der Waals surface area contributed by atoms with Crippen LogP contribution in [0, 0.1) is 0 Å². The minimum Gasteiger partial charge on any atom is -0.492 e. The van der Waals surface area contributed by atoms with Crippen LogP contribution < -0.4 is 14.8 Å². The van der Waals surface area contributed by atoms with Crippen molar-refractivity contribution in [3.8, 4) is 11.5 Å². The average molecular weight is 494 g/mol. The van der Waals surface area contributed by atoms with Crippen molar-refractivity contribution in [1.29, 1.82) is 0 Å². The van der Waals surface area contributed by atoms with Crippen molar-refractivity contribution in [2.45, 2.75) is 43.8 Å². The normalized spacial score (nSPS) is 12.4. The molecule has 1 atom stereocenters. The second-order valence-electron chi connectivity index (χ2n) is 8.50. The highest BCUT2D eigenvalue weighted by atomic mass is 32.2. The van der Waals surface area contributed by atoms with E-state index in [0.717, 1.165) is 11.8 Å². The molecule has 0 saturated carbocycles. The van der Waals surface area contributed by atoms with E-state index in [-0.39, 0.29) is 24.5 Å². The van der Waals surface area contributed by atoms with E-state index in [0.29, 0.717) is 11.5 Å². The zero-order valence-electron chi connectivity index (χ0n) is 20.0. The van der Waals surface area contributed by atoms with Gasteiger partial charge in [0.1, 0.15) is 23.7 Å². The number of methoxy groups -OCH3 is 1. The molecule has 2 aromatic rings. The Hall–Kier alpha value is -3.27. The third-order valence-corrected chi connectivity index (χ3v) is 5.51. The second kappa shape index (κ2) is 11.7. The number of hydrogen-bond acceptors (Lipinski definition) is 8. The van der Waals surface area contributed by atoms with E-state index in [2.05, 4.69) is 5.32 Å². The number of alkyl carbamates (subject to hydrolysis) is 1. The van der Waals surface area contributed by atoms with Crippen LogP contribution in [0.15, 0.2) is 53.4 Å². The smallest absolute Gasteiger partial charge is 0.407 e. The molecule has 9 nitrogen and oxygen atoms in total. The molecule has 0 aromatic heterocycles. The Kier molecular flexibility index (Phi) is 9.31. The maximum absolute atomic E-state index is 12.2. The van der Waals surface area contributed by atoms with Crippen LogP contribution in [0.25, 0.3) is 0 Å². The number of amides is 1. The largest absolute Gasteiger partial charge is 0.492 e. The Morgan fingerprint density at radius 1 is 0.971 bits per heavy atom. The Morgan fingerprint density at radius 2 is 1.56 bits per heavy atom. The first kappa shape index (κ1) is 27.0. The predicted molar refractivity (Wildman–Crippen MR) is 126 cm³/mol. The van der Waals surface area contributed by atoms with Gasteiger partial charge in [-0.3, -0.25) is 0 Å². The molecule has 0 aliphatic rings. The summed E-state index contributed by atoms with van der Waals surface area (Å²) < 4.78 is 44.6. The first-order valence-electron chi connectivity index (χ1n) is 10.6. The molecule has 0 radical (unpaired) electrons. The van der Waals surface area contributed by atoms with Crippen LogP contribution in [0.4, 0.5) is 4.79 Å². The average Bonchev–Trinajstić information content (AvgIpc) is 2.75. The van der Waals surface area contributed by atoms with E-state index in [1.54, 1.807) is 45.0 Å². The molecule has 2 aromatic carbocycles. The number of carbonyl (C=O) groups excluding carboxylic acids is 2. The molecule has 0 aliphatic heterocycles. The van der Waals surface area contributed by atoms with E-state index < -0.39 is 33.6 Å². The summed E-state index contributed by atoms with van der Waals surface area (Å²) in [5.41, 5.74) is 0.244. The van der Waals surface area contributed by atoms with Gasteiger partial charge in [0.2, 0.25) is 0 Å². The Morgan fingerprint density at radius 3 is 2.09 bits per heavy atom. The summed E-state index contributed by atoms with van der Waals surface area (Å²) in [6, 6.07) is 12.9. The molecular weight excluding hydrogens is 462 g/mol. The highest BCUT2D eigenvalue weighted by Crippen LogP contribution is 2.20. The molecule has 2 rings (SSSR count). The van der Waals surface area contributed by atoms with Gasteiger partial charge in [-0.1, -0.05) is 12.1 Å². The van der Waals surface area contributed by atoms with Crippen LogP contribution >= 0.6 is 0 Å². The van der Waals surface area contributed by atoms with Crippen LogP contribution in [0.2, 0.25) is 0 Å². The quantitative estimate of drug-likeness (QED) is 0.396. The molecule has 0 saturated heterocycles. The Balaban J connectivity index is 1.91. The first-order valence-corrected chi connectivity index (χ1v) is 12.5. The van der Waals surface area contributed by atoms with Crippen molar-refractivity contribution in [3.05, 3.63) is 54.1 Å². The Bertz CT molecular complexity index is 1060. The minimum atomic E-state index is -3.33. The van der Waals surface area contributed by atoms with Crippen LogP contribution in [0.1, 0.15) is 26.3 Å². The van der Waals surface area contributed by atoms with Gasteiger partial charge in [0.05, 0.1) is 18.6 Å².